The number of rotatable bonds is 3. The van der Waals surface area contributed by atoms with E-state index in [9.17, 15) is 4.79 Å². The van der Waals surface area contributed by atoms with Gasteiger partial charge in [-0.05, 0) is 37.5 Å². The number of nitrogens with one attached hydrogen (secondary N) is 1. The fourth-order valence-electron chi connectivity index (χ4n) is 3.24. The van der Waals surface area contributed by atoms with Crippen molar-refractivity contribution in [2.45, 2.75) is 26.7 Å². The summed E-state index contributed by atoms with van der Waals surface area (Å²) in [5, 5.41) is 3.99. The highest BCUT2D eigenvalue weighted by Gasteiger charge is 2.24. The minimum atomic E-state index is 0.108. The van der Waals surface area contributed by atoms with E-state index in [2.05, 4.69) is 32.2 Å². The molecule has 0 amide bonds. The summed E-state index contributed by atoms with van der Waals surface area (Å²) in [5.74, 6) is 2.00. The van der Waals surface area contributed by atoms with Crippen LogP contribution in [-0.4, -0.2) is 32.8 Å². The number of methoxy groups -OCH3 is 1. The van der Waals surface area contributed by atoms with Crippen LogP contribution >= 0.6 is 0 Å². The van der Waals surface area contributed by atoms with Gasteiger partial charge < -0.3 is 4.74 Å². The lowest BCUT2D eigenvalue weighted by atomic mass is 9.88. The van der Waals surface area contributed by atoms with E-state index < -0.39 is 0 Å². The number of nitrogens with zero attached hydrogens (tertiary/aromatic N) is 4. The first kappa shape index (κ1) is 16.4. The van der Waals surface area contributed by atoms with Crippen LogP contribution in [0.3, 0.4) is 0 Å². The second kappa shape index (κ2) is 6.33. The van der Waals surface area contributed by atoms with Gasteiger partial charge in [-0.3, -0.25) is 10.1 Å². The molecule has 1 unspecified atom stereocenters. The molecule has 0 spiro atoms. The van der Waals surface area contributed by atoms with Crippen LogP contribution in [0.4, 0.5) is 11.9 Å². The van der Waals surface area contributed by atoms with Crippen molar-refractivity contribution in [1.29, 1.82) is 0 Å². The smallest absolute Gasteiger partial charge is 0.230 e. The SMILES string of the molecule is COc1ccc2nc(Nc3ncc4c(n3)CC(C)CC4=O)nc(C)c2c1. The van der Waals surface area contributed by atoms with Crippen LogP contribution in [-0.2, 0) is 6.42 Å². The molecule has 0 bridgehead atoms. The number of ketones is 1. The van der Waals surface area contributed by atoms with Crippen LogP contribution in [0.15, 0.2) is 24.4 Å². The lowest BCUT2D eigenvalue weighted by Crippen LogP contribution is -2.20. The van der Waals surface area contributed by atoms with Gasteiger partial charge in [-0.1, -0.05) is 6.92 Å². The number of aromatic nitrogens is 4. The van der Waals surface area contributed by atoms with Gasteiger partial charge in [0.2, 0.25) is 11.9 Å². The molecule has 0 aliphatic heterocycles. The Kier molecular flexibility index (Phi) is 3.99. The Morgan fingerprint density at radius 2 is 2.00 bits per heavy atom. The lowest BCUT2D eigenvalue weighted by Gasteiger charge is -2.19. The molecule has 1 aliphatic rings. The Morgan fingerprint density at radius 3 is 2.81 bits per heavy atom. The zero-order valence-corrected chi connectivity index (χ0v) is 14.9. The van der Waals surface area contributed by atoms with Crippen LogP contribution in [0.2, 0.25) is 0 Å². The molecule has 4 rings (SSSR count). The fraction of sp³-hybridized carbons (Fsp3) is 0.316. The van der Waals surface area contributed by atoms with Crippen molar-refractivity contribution in [2.24, 2.45) is 5.92 Å². The van der Waals surface area contributed by atoms with Gasteiger partial charge in [0.1, 0.15) is 5.75 Å². The maximum absolute atomic E-state index is 12.1. The van der Waals surface area contributed by atoms with Crippen molar-refractivity contribution in [3.8, 4) is 5.75 Å². The van der Waals surface area contributed by atoms with E-state index in [1.165, 1.54) is 0 Å². The van der Waals surface area contributed by atoms with Gasteiger partial charge in [0, 0.05) is 18.0 Å². The average molecular weight is 349 g/mol. The molecule has 3 aromatic rings. The Labute approximate surface area is 150 Å². The number of carbonyl (C=O) groups is 1. The van der Waals surface area contributed by atoms with E-state index in [1.54, 1.807) is 13.3 Å². The minimum absolute atomic E-state index is 0.108. The number of anilines is 2. The third-order valence-electron chi connectivity index (χ3n) is 4.56. The number of aryl methyl sites for hydroxylation is 1. The first-order valence-electron chi connectivity index (χ1n) is 8.52. The molecule has 1 aromatic carbocycles. The standard InChI is InChI=1S/C19H19N5O2/c1-10-6-16-14(17(25)7-10)9-20-18(23-16)24-19-21-11(2)13-8-12(26-3)4-5-15(13)22-19/h4-5,8-10H,6-7H2,1-3H3,(H,20,21,22,23,24). The highest BCUT2D eigenvalue weighted by molar-refractivity contribution is 5.98. The molecule has 7 heteroatoms. The van der Waals surface area contributed by atoms with Crippen molar-refractivity contribution < 1.29 is 9.53 Å². The third-order valence-corrected chi connectivity index (χ3v) is 4.56. The monoisotopic (exact) mass is 349 g/mol. The molecule has 0 saturated heterocycles. The van der Waals surface area contributed by atoms with E-state index in [1.807, 2.05) is 25.1 Å². The van der Waals surface area contributed by atoms with Gasteiger partial charge in [0.25, 0.3) is 0 Å². The average Bonchev–Trinajstić information content (AvgIpc) is 2.61. The number of benzene rings is 1. The summed E-state index contributed by atoms with van der Waals surface area (Å²) in [4.78, 5) is 29.8. The Hall–Kier alpha value is -3.09. The molecule has 2 aromatic heterocycles. The van der Waals surface area contributed by atoms with Gasteiger partial charge in [0.05, 0.1) is 29.6 Å². The van der Waals surface area contributed by atoms with Crippen LogP contribution in [0.5, 0.6) is 5.75 Å². The lowest BCUT2D eigenvalue weighted by molar-refractivity contribution is 0.0951. The summed E-state index contributed by atoms with van der Waals surface area (Å²) >= 11 is 0. The van der Waals surface area contributed by atoms with Crippen LogP contribution in [0.25, 0.3) is 10.9 Å². The van der Waals surface area contributed by atoms with Gasteiger partial charge in [-0.15, -0.1) is 0 Å². The molecule has 0 radical (unpaired) electrons. The molecule has 132 valence electrons. The van der Waals surface area contributed by atoms with Gasteiger partial charge in [-0.25, -0.2) is 19.9 Å². The number of hydrogen-bond donors (Lipinski definition) is 1. The number of ether oxygens (including phenoxy) is 1. The van der Waals surface area contributed by atoms with Crippen molar-refractivity contribution in [2.75, 3.05) is 12.4 Å². The molecular weight excluding hydrogens is 330 g/mol. The molecule has 1 N–H and O–H groups in total. The van der Waals surface area contributed by atoms with E-state index in [-0.39, 0.29) is 5.78 Å². The molecule has 26 heavy (non-hydrogen) atoms. The van der Waals surface area contributed by atoms with E-state index in [0.717, 1.165) is 34.5 Å². The van der Waals surface area contributed by atoms with Crippen LogP contribution in [0, 0.1) is 12.8 Å². The number of hydrogen-bond acceptors (Lipinski definition) is 7. The minimum Gasteiger partial charge on any atom is -0.497 e. The number of fused-ring (bicyclic) bond motifs is 2. The summed E-state index contributed by atoms with van der Waals surface area (Å²) in [6, 6.07) is 5.67. The largest absolute Gasteiger partial charge is 0.497 e. The summed E-state index contributed by atoms with van der Waals surface area (Å²) in [7, 11) is 1.63. The highest BCUT2D eigenvalue weighted by Crippen LogP contribution is 2.26. The Balaban J connectivity index is 1.67. The van der Waals surface area contributed by atoms with Crippen molar-refractivity contribution in [3.63, 3.8) is 0 Å². The fourth-order valence-corrected chi connectivity index (χ4v) is 3.24. The molecule has 1 aliphatic carbocycles. The Bertz CT molecular complexity index is 1020. The van der Waals surface area contributed by atoms with Gasteiger partial charge >= 0.3 is 0 Å². The van der Waals surface area contributed by atoms with Crippen molar-refractivity contribution in [3.05, 3.63) is 41.3 Å². The predicted octanol–water partition coefficient (Wildman–Crippen LogP) is 3.25. The summed E-state index contributed by atoms with van der Waals surface area (Å²) in [6.07, 6.45) is 2.92. The van der Waals surface area contributed by atoms with E-state index in [4.69, 9.17) is 4.74 Å². The summed E-state index contributed by atoms with van der Waals surface area (Å²) in [5.41, 5.74) is 3.05. The quantitative estimate of drug-likeness (QED) is 0.776. The maximum Gasteiger partial charge on any atom is 0.230 e. The first-order valence-corrected chi connectivity index (χ1v) is 8.52. The summed E-state index contributed by atoms with van der Waals surface area (Å²) in [6.45, 7) is 3.98. The molecule has 7 nitrogen and oxygen atoms in total. The topological polar surface area (TPSA) is 89.9 Å². The molecular formula is C19H19N5O2. The normalized spacial score (nSPS) is 16.4. The second-order valence-electron chi connectivity index (χ2n) is 6.63. The van der Waals surface area contributed by atoms with Crippen molar-refractivity contribution in [1.82, 2.24) is 19.9 Å². The van der Waals surface area contributed by atoms with Crippen LogP contribution in [0.1, 0.15) is 35.1 Å². The van der Waals surface area contributed by atoms with Gasteiger partial charge in [0.15, 0.2) is 5.78 Å². The molecule has 1 atom stereocenters. The number of Topliss-reactive ketones (excluding diaryl/α,β-unsaturated/α-hetero) is 1. The molecule has 0 saturated carbocycles. The van der Waals surface area contributed by atoms with Gasteiger partial charge in [-0.2, -0.15) is 0 Å². The summed E-state index contributed by atoms with van der Waals surface area (Å²) < 4.78 is 5.25. The second-order valence-corrected chi connectivity index (χ2v) is 6.63. The Morgan fingerprint density at radius 1 is 1.15 bits per heavy atom. The van der Waals surface area contributed by atoms with E-state index in [0.29, 0.717) is 29.8 Å². The third kappa shape index (κ3) is 2.96. The van der Waals surface area contributed by atoms with E-state index >= 15 is 0 Å². The maximum atomic E-state index is 12.1. The molecule has 2 heterocycles. The van der Waals surface area contributed by atoms with Crippen LogP contribution < -0.4 is 10.1 Å². The zero-order chi connectivity index (χ0) is 18.3. The number of carbonyl (C=O) groups excluding carboxylic acids is 1. The molecule has 0 fully saturated rings. The van der Waals surface area contributed by atoms with Crippen molar-refractivity contribution >= 4 is 28.6 Å². The predicted molar refractivity (Wildman–Crippen MR) is 98.0 cm³/mol. The highest BCUT2D eigenvalue weighted by atomic mass is 16.5. The zero-order valence-electron chi connectivity index (χ0n) is 14.9. The first-order chi connectivity index (χ1) is 12.5.